The first-order valence-corrected chi connectivity index (χ1v) is 12.4. The summed E-state index contributed by atoms with van der Waals surface area (Å²) < 4.78 is 0. The number of nitrogens with one attached hydrogen (secondary N) is 2. The van der Waals surface area contributed by atoms with Crippen molar-refractivity contribution >= 4 is 11.8 Å². The van der Waals surface area contributed by atoms with Gasteiger partial charge in [-0.3, -0.25) is 4.90 Å². The summed E-state index contributed by atoms with van der Waals surface area (Å²) >= 11 is 0. The lowest BCUT2D eigenvalue weighted by Gasteiger charge is -2.34. The van der Waals surface area contributed by atoms with E-state index in [1.807, 2.05) is 12.3 Å². The lowest BCUT2D eigenvalue weighted by molar-refractivity contribution is 0.198. The molecule has 4 rings (SSSR count). The van der Waals surface area contributed by atoms with E-state index < -0.39 is 0 Å². The fourth-order valence-electron chi connectivity index (χ4n) is 4.61. The number of likely N-dealkylation sites (N-methyl/N-ethyl adjacent to an activating group) is 1. The molecule has 0 radical (unpaired) electrons. The third-order valence-electron chi connectivity index (χ3n) is 6.60. The first kappa shape index (κ1) is 23.5. The van der Waals surface area contributed by atoms with E-state index >= 15 is 0 Å². The molecule has 0 amide bonds. The fourth-order valence-corrected chi connectivity index (χ4v) is 4.61. The predicted octanol–water partition coefficient (Wildman–Crippen LogP) is 2.55. The van der Waals surface area contributed by atoms with E-state index in [0.29, 0.717) is 12.6 Å². The van der Waals surface area contributed by atoms with Gasteiger partial charge in [-0.1, -0.05) is 36.4 Å². The number of guanidine groups is 1. The molecule has 33 heavy (non-hydrogen) atoms. The second-order valence-electron chi connectivity index (χ2n) is 9.15. The van der Waals surface area contributed by atoms with Crippen molar-refractivity contribution in [3.63, 3.8) is 0 Å². The molecular weight excluding hydrogens is 410 g/mol. The van der Waals surface area contributed by atoms with E-state index in [1.54, 1.807) is 0 Å². The van der Waals surface area contributed by atoms with Crippen LogP contribution in [0.25, 0.3) is 0 Å². The smallest absolute Gasteiger partial charge is 0.191 e. The summed E-state index contributed by atoms with van der Waals surface area (Å²) in [6.45, 7) is 11.1. The Morgan fingerprint density at radius 2 is 1.76 bits per heavy atom. The number of likely N-dealkylation sites (tertiary alicyclic amines) is 1. The van der Waals surface area contributed by atoms with Crippen molar-refractivity contribution in [3.8, 4) is 0 Å². The van der Waals surface area contributed by atoms with Gasteiger partial charge in [-0.25, -0.2) is 9.98 Å². The number of aromatic nitrogens is 1. The van der Waals surface area contributed by atoms with Gasteiger partial charge in [-0.15, -0.1) is 0 Å². The largest absolute Gasteiger partial charge is 0.357 e. The maximum absolute atomic E-state index is 4.94. The Morgan fingerprint density at radius 1 is 1.00 bits per heavy atom. The SMILES string of the molecule is CCNC(=NCc1cccnc1N1CCN(C)CC1)NC1CCN(Cc2ccccc2)CC1. The molecule has 2 fully saturated rings. The Kier molecular flexibility index (Phi) is 8.55. The minimum absolute atomic E-state index is 0.459. The van der Waals surface area contributed by atoms with Crippen LogP contribution in [0.4, 0.5) is 5.82 Å². The van der Waals surface area contributed by atoms with Gasteiger partial charge in [0, 0.05) is 70.2 Å². The molecule has 0 unspecified atom stereocenters. The highest BCUT2D eigenvalue weighted by Gasteiger charge is 2.21. The van der Waals surface area contributed by atoms with Gasteiger partial charge in [0.2, 0.25) is 0 Å². The third-order valence-corrected chi connectivity index (χ3v) is 6.60. The van der Waals surface area contributed by atoms with Gasteiger partial charge in [0.15, 0.2) is 5.96 Å². The summed E-state index contributed by atoms with van der Waals surface area (Å²) in [5.41, 5.74) is 2.59. The number of piperazine rings is 1. The van der Waals surface area contributed by atoms with E-state index in [0.717, 1.165) is 77.0 Å². The Labute approximate surface area is 198 Å². The molecule has 178 valence electrons. The molecule has 0 atom stereocenters. The van der Waals surface area contributed by atoms with Crippen LogP contribution >= 0.6 is 0 Å². The lowest BCUT2D eigenvalue weighted by Crippen LogP contribution is -2.48. The standard InChI is InChI=1S/C26H39N7/c1-3-27-26(30-24-11-14-32(15-12-24)21-22-8-5-4-6-9-22)29-20-23-10-7-13-28-25(23)33-18-16-31(2)17-19-33/h4-10,13,24H,3,11-12,14-21H2,1-2H3,(H2,27,29,30). The highest BCUT2D eigenvalue weighted by Crippen LogP contribution is 2.20. The first-order valence-electron chi connectivity index (χ1n) is 12.4. The van der Waals surface area contributed by atoms with Crippen molar-refractivity contribution in [2.45, 2.75) is 38.9 Å². The zero-order valence-corrected chi connectivity index (χ0v) is 20.2. The first-order chi connectivity index (χ1) is 16.2. The lowest BCUT2D eigenvalue weighted by atomic mass is 10.0. The molecular formula is C26H39N7. The third kappa shape index (κ3) is 6.92. The zero-order chi connectivity index (χ0) is 22.9. The van der Waals surface area contributed by atoms with E-state index in [1.165, 1.54) is 11.1 Å². The Morgan fingerprint density at radius 3 is 2.48 bits per heavy atom. The average molecular weight is 450 g/mol. The van der Waals surface area contributed by atoms with Gasteiger partial charge in [-0.2, -0.15) is 0 Å². The molecule has 7 heteroatoms. The summed E-state index contributed by atoms with van der Waals surface area (Å²) in [7, 11) is 2.18. The Hall–Kier alpha value is -2.64. The predicted molar refractivity (Wildman–Crippen MR) is 137 cm³/mol. The summed E-state index contributed by atoms with van der Waals surface area (Å²) in [5.74, 6) is 1.99. The van der Waals surface area contributed by atoms with E-state index in [-0.39, 0.29) is 0 Å². The molecule has 2 aliphatic heterocycles. The second-order valence-corrected chi connectivity index (χ2v) is 9.15. The molecule has 2 aliphatic rings. The normalized spacial score (nSPS) is 19.0. The van der Waals surface area contributed by atoms with Crippen molar-refractivity contribution in [3.05, 3.63) is 59.8 Å². The molecule has 3 heterocycles. The summed E-state index contributed by atoms with van der Waals surface area (Å²) in [4.78, 5) is 17.0. The molecule has 0 spiro atoms. The van der Waals surface area contributed by atoms with Gasteiger partial charge in [0.05, 0.1) is 6.54 Å². The number of nitrogens with zero attached hydrogens (tertiary/aromatic N) is 5. The minimum Gasteiger partial charge on any atom is -0.357 e. The number of pyridine rings is 1. The molecule has 0 saturated carbocycles. The maximum Gasteiger partial charge on any atom is 0.191 e. The van der Waals surface area contributed by atoms with Gasteiger partial charge < -0.3 is 20.4 Å². The summed E-state index contributed by atoms with van der Waals surface area (Å²) in [6, 6.07) is 15.4. The molecule has 0 aliphatic carbocycles. The second kappa shape index (κ2) is 12.0. The molecule has 2 saturated heterocycles. The van der Waals surface area contributed by atoms with Crippen molar-refractivity contribution in [1.82, 2.24) is 25.4 Å². The van der Waals surface area contributed by atoms with Gasteiger partial charge in [-0.05, 0) is 38.4 Å². The fraction of sp³-hybridized carbons (Fsp3) is 0.538. The van der Waals surface area contributed by atoms with Crippen LogP contribution in [0.5, 0.6) is 0 Å². The van der Waals surface area contributed by atoms with Crippen molar-refractivity contribution in [2.24, 2.45) is 4.99 Å². The number of hydrogen-bond donors (Lipinski definition) is 2. The highest BCUT2D eigenvalue weighted by atomic mass is 15.3. The van der Waals surface area contributed by atoms with Crippen LogP contribution in [-0.2, 0) is 13.1 Å². The summed E-state index contributed by atoms with van der Waals surface area (Å²) in [6.07, 6.45) is 4.17. The van der Waals surface area contributed by atoms with Crippen molar-refractivity contribution in [1.29, 1.82) is 0 Å². The summed E-state index contributed by atoms with van der Waals surface area (Å²) in [5, 5.41) is 7.13. The monoisotopic (exact) mass is 449 g/mol. The van der Waals surface area contributed by atoms with Crippen LogP contribution < -0.4 is 15.5 Å². The van der Waals surface area contributed by atoms with Crippen LogP contribution in [-0.4, -0.2) is 79.6 Å². The Bertz CT molecular complexity index is 869. The van der Waals surface area contributed by atoms with Gasteiger partial charge in [0.1, 0.15) is 5.82 Å². The van der Waals surface area contributed by atoms with Gasteiger partial charge in [0.25, 0.3) is 0 Å². The molecule has 0 bridgehead atoms. The molecule has 7 nitrogen and oxygen atoms in total. The van der Waals surface area contributed by atoms with Crippen molar-refractivity contribution < 1.29 is 0 Å². The van der Waals surface area contributed by atoms with E-state index in [4.69, 9.17) is 9.98 Å². The highest BCUT2D eigenvalue weighted by molar-refractivity contribution is 5.80. The van der Waals surface area contributed by atoms with Crippen LogP contribution in [0.15, 0.2) is 53.7 Å². The number of anilines is 1. The molecule has 1 aromatic carbocycles. The number of rotatable bonds is 7. The maximum atomic E-state index is 4.94. The van der Waals surface area contributed by atoms with Gasteiger partial charge >= 0.3 is 0 Å². The van der Waals surface area contributed by atoms with Crippen molar-refractivity contribution in [2.75, 3.05) is 57.8 Å². The Balaban J connectivity index is 1.32. The number of piperidine rings is 1. The number of hydrogen-bond acceptors (Lipinski definition) is 5. The van der Waals surface area contributed by atoms with Crippen LogP contribution in [0.2, 0.25) is 0 Å². The van der Waals surface area contributed by atoms with E-state index in [9.17, 15) is 0 Å². The van der Waals surface area contributed by atoms with Crippen LogP contribution in [0.1, 0.15) is 30.9 Å². The molecule has 2 aromatic rings. The number of aliphatic imine (C=N–C) groups is 1. The van der Waals surface area contributed by atoms with Crippen LogP contribution in [0.3, 0.4) is 0 Å². The zero-order valence-electron chi connectivity index (χ0n) is 20.2. The molecule has 2 N–H and O–H groups in total. The number of benzene rings is 1. The topological polar surface area (TPSA) is 59.0 Å². The average Bonchev–Trinajstić information content (AvgIpc) is 2.85. The minimum atomic E-state index is 0.459. The molecule has 1 aromatic heterocycles. The van der Waals surface area contributed by atoms with E-state index in [2.05, 4.69) is 75.7 Å². The van der Waals surface area contributed by atoms with Crippen LogP contribution in [0, 0.1) is 0 Å². The quantitative estimate of drug-likeness (QED) is 0.501.